The van der Waals surface area contributed by atoms with E-state index in [0.717, 1.165) is 11.1 Å². The molecule has 1 aliphatic carbocycles. The lowest BCUT2D eigenvalue weighted by atomic mass is 9.95. The van der Waals surface area contributed by atoms with Crippen LogP contribution < -0.4 is 5.32 Å². The maximum Gasteiger partial charge on any atom is 0.412 e. The average molecular weight is 544 g/mol. The summed E-state index contributed by atoms with van der Waals surface area (Å²) < 4.78 is 12.8. The van der Waals surface area contributed by atoms with Crippen LogP contribution in [0.4, 0.5) is 10.5 Å². The van der Waals surface area contributed by atoms with Gasteiger partial charge in [-0.1, -0.05) is 59.2 Å². The fourth-order valence-electron chi connectivity index (χ4n) is 4.67. The molecule has 196 valence electrons. The Labute approximate surface area is 227 Å². The number of anilines is 1. The highest BCUT2D eigenvalue weighted by Crippen LogP contribution is 2.48. The minimum Gasteiger partial charge on any atom is -0.481 e. The number of rotatable bonds is 7. The van der Waals surface area contributed by atoms with Gasteiger partial charge in [-0.2, -0.15) is 0 Å². The third kappa shape index (κ3) is 4.38. The lowest BCUT2D eigenvalue weighted by Crippen LogP contribution is -2.19. The van der Waals surface area contributed by atoms with Crippen molar-refractivity contribution in [3.05, 3.63) is 89.5 Å². The number of nitrogens with zero attached hydrogens (tertiary/aromatic N) is 4. The summed E-state index contributed by atoms with van der Waals surface area (Å²) in [5, 5.41) is 16.6. The first-order valence-electron chi connectivity index (χ1n) is 12.2. The highest BCUT2D eigenvalue weighted by molar-refractivity contribution is 6.31. The molecule has 0 spiro atoms. The van der Waals surface area contributed by atoms with Crippen molar-refractivity contribution in [3.63, 3.8) is 0 Å². The van der Waals surface area contributed by atoms with E-state index in [-0.39, 0.29) is 5.76 Å². The summed E-state index contributed by atoms with van der Waals surface area (Å²) in [6.45, 7) is 1.73. The predicted molar refractivity (Wildman–Crippen MR) is 142 cm³/mol. The Hall–Kier alpha value is -4.70. The Bertz CT molecular complexity index is 1710. The summed E-state index contributed by atoms with van der Waals surface area (Å²) in [6.07, 6.45) is 6.35. The number of benzene rings is 2. The summed E-state index contributed by atoms with van der Waals surface area (Å²) in [5.74, 6) is 0.0773. The molecule has 10 nitrogen and oxygen atoms in total. The van der Waals surface area contributed by atoms with Gasteiger partial charge < -0.3 is 14.4 Å². The van der Waals surface area contributed by atoms with Gasteiger partial charge in [-0.05, 0) is 31.4 Å². The zero-order chi connectivity index (χ0) is 27.1. The van der Waals surface area contributed by atoms with Crippen LogP contribution in [0.15, 0.2) is 77.8 Å². The molecule has 5 aromatic rings. The van der Waals surface area contributed by atoms with Crippen LogP contribution in [-0.4, -0.2) is 36.7 Å². The highest BCUT2D eigenvalue weighted by atomic mass is 35.5. The van der Waals surface area contributed by atoms with E-state index >= 15 is 0 Å². The number of carboxylic acid groups (broad SMARTS) is 1. The van der Waals surface area contributed by atoms with Crippen molar-refractivity contribution in [1.29, 1.82) is 0 Å². The number of carbonyl (C=O) groups is 2. The van der Waals surface area contributed by atoms with E-state index in [9.17, 15) is 14.7 Å². The van der Waals surface area contributed by atoms with Crippen LogP contribution in [0.2, 0.25) is 5.02 Å². The highest BCUT2D eigenvalue weighted by Gasteiger charge is 2.51. The second kappa shape index (κ2) is 9.55. The summed E-state index contributed by atoms with van der Waals surface area (Å²) in [5.41, 5.74) is 2.82. The van der Waals surface area contributed by atoms with Crippen molar-refractivity contribution in [2.75, 3.05) is 5.32 Å². The third-order valence-corrected chi connectivity index (χ3v) is 7.30. The molecular formula is C28H22ClN5O5. The molecule has 6 rings (SSSR count). The standard InChI is InChI=1S/C28H22ClN5O5/c1-16(19-4-2-3-5-21(19)29)38-27(37)33-22-15-32-39-23(22)20-14-31-24(34-13-12-30-25(20)34)17-6-8-18(9-7-17)28(10-11-28)26(35)36/h2-9,12-16H,10-11H2,1H3,(H,33,37)(H,35,36). The molecule has 3 aromatic heterocycles. The smallest absolute Gasteiger partial charge is 0.412 e. The molecule has 0 saturated heterocycles. The van der Waals surface area contributed by atoms with Crippen LogP contribution in [0.5, 0.6) is 0 Å². The van der Waals surface area contributed by atoms with Gasteiger partial charge in [0.2, 0.25) is 0 Å². The van der Waals surface area contributed by atoms with Crippen molar-refractivity contribution < 1.29 is 24.0 Å². The maximum absolute atomic E-state index is 12.7. The molecule has 1 atom stereocenters. The molecule has 2 aromatic carbocycles. The number of aromatic nitrogens is 4. The second-order valence-corrected chi connectivity index (χ2v) is 9.75. The topological polar surface area (TPSA) is 132 Å². The molecular weight excluding hydrogens is 522 g/mol. The van der Waals surface area contributed by atoms with Crippen molar-refractivity contribution in [1.82, 2.24) is 19.5 Å². The minimum absolute atomic E-state index is 0.264. The molecule has 2 N–H and O–H groups in total. The van der Waals surface area contributed by atoms with E-state index in [0.29, 0.717) is 46.2 Å². The number of aliphatic carboxylic acids is 1. The Morgan fingerprint density at radius 1 is 1.13 bits per heavy atom. The van der Waals surface area contributed by atoms with Gasteiger partial charge in [0.1, 0.15) is 17.6 Å². The van der Waals surface area contributed by atoms with E-state index in [1.54, 1.807) is 48.1 Å². The van der Waals surface area contributed by atoms with Gasteiger partial charge in [0.15, 0.2) is 11.4 Å². The summed E-state index contributed by atoms with van der Waals surface area (Å²) in [4.78, 5) is 33.4. The quantitative estimate of drug-likeness (QED) is 0.250. The summed E-state index contributed by atoms with van der Waals surface area (Å²) in [6, 6.07) is 14.5. The first-order valence-corrected chi connectivity index (χ1v) is 12.6. The molecule has 1 fully saturated rings. The van der Waals surface area contributed by atoms with Crippen molar-refractivity contribution in [2.24, 2.45) is 0 Å². The van der Waals surface area contributed by atoms with Crippen LogP contribution in [0, 0.1) is 0 Å². The Kier molecular flexibility index (Phi) is 6.03. The molecule has 0 aliphatic heterocycles. The van der Waals surface area contributed by atoms with Crippen LogP contribution in [0.1, 0.15) is 37.0 Å². The number of carboxylic acids is 1. The van der Waals surface area contributed by atoms with Gasteiger partial charge in [0.25, 0.3) is 0 Å². The van der Waals surface area contributed by atoms with Gasteiger partial charge in [-0.15, -0.1) is 0 Å². The maximum atomic E-state index is 12.7. The number of nitrogens with one attached hydrogen (secondary N) is 1. The van der Waals surface area contributed by atoms with E-state index in [4.69, 9.17) is 20.9 Å². The lowest BCUT2D eigenvalue weighted by Gasteiger charge is -2.15. The molecule has 11 heteroatoms. The number of halogens is 1. The number of amides is 1. The van der Waals surface area contributed by atoms with Crippen LogP contribution in [0.3, 0.4) is 0 Å². The number of carbonyl (C=O) groups excluding carboxylic acids is 1. The fourth-order valence-corrected chi connectivity index (χ4v) is 4.96. The summed E-state index contributed by atoms with van der Waals surface area (Å²) in [7, 11) is 0. The van der Waals surface area contributed by atoms with E-state index in [1.807, 2.05) is 30.3 Å². The van der Waals surface area contributed by atoms with Crippen LogP contribution >= 0.6 is 11.6 Å². The molecule has 39 heavy (non-hydrogen) atoms. The molecule has 1 saturated carbocycles. The van der Waals surface area contributed by atoms with Gasteiger partial charge in [0.05, 0.1) is 17.2 Å². The molecule has 0 radical (unpaired) electrons. The van der Waals surface area contributed by atoms with Crippen molar-refractivity contribution in [2.45, 2.75) is 31.3 Å². The molecule has 1 unspecified atom stereocenters. The molecule has 1 amide bonds. The van der Waals surface area contributed by atoms with Crippen molar-refractivity contribution in [3.8, 4) is 22.7 Å². The third-order valence-electron chi connectivity index (χ3n) is 6.96. The van der Waals surface area contributed by atoms with Gasteiger partial charge in [-0.3, -0.25) is 14.5 Å². The SMILES string of the molecule is CC(OC(=O)Nc1cnoc1-c1cnc(-c2ccc(C3(C(=O)O)CC3)cc2)n2ccnc12)c1ccccc1Cl. The van der Waals surface area contributed by atoms with Gasteiger partial charge >= 0.3 is 12.1 Å². The molecule has 3 heterocycles. The number of ether oxygens (including phenoxy) is 1. The summed E-state index contributed by atoms with van der Waals surface area (Å²) >= 11 is 6.22. The fraction of sp³-hybridized carbons (Fsp3) is 0.179. The second-order valence-electron chi connectivity index (χ2n) is 9.34. The molecule has 0 bridgehead atoms. The van der Waals surface area contributed by atoms with E-state index < -0.39 is 23.6 Å². The van der Waals surface area contributed by atoms with E-state index in [1.165, 1.54) is 6.20 Å². The normalized spacial score (nSPS) is 14.6. The monoisotopic (exact) mass is 543 g/mol. The number of hydrogen-bond donors (Lipinski definition) is 2. The largest absolute Gasteiger partial charge is 0.481 e. The Morgan fingerprint density at radius 3 is 2.62 bits per heavy atom. The van der Waals surface area contributed by atoms with Crippen LogP contribution in [0.25, 0.3) is 28.4 Å². The van der Waals surface area contributed by atoms with Crippen molar-refractivity contribution >= 4 is 35.0 Å². The zero-order valence-corrected chi connectivity index (χ0v) is 21.4. The number of imidazole rings is 1. The number of fused-ring (bicyclic) bond motifs is 1. The zero-order valence-electron chi connectivity index (χ0n) is 20.7. The lowest BCUT2D eigenvalue weighted by molar-refractivity contribution is -0.140. The minimum atomic E-state index is -0.798. The van der Waals surface area contributed by atoms with Gasteiger partial charge in [-0.25, -0.2) is 14.8 Å². The molecule has 1 aliphatic rings. The first kappa shape index (κ1) is 24.6. The van der Waals surface area contributed by atoms with Crippen LogP contribution in [-0.2, 0) is 14.9 Å². The number of hydrogen-bond acceptors (Lipinski definition) is 7. The Morgan fingerprint density at radius 2 is 1.90 bits per heavy atom. The Balaban J connectivity index is 1.26. The first-order chi connectivity index (χ1) is 18.9. The van der Waals surface area contributed by atoms with Gasteiger partial charge in [0, 0.05) is 34.7 Å². The predicted octanol–water partition coefficient (Wildman–Crippen LogP) is 6.13. The van der Waals surface area contributed by atoms with E-state index in [2.05, 4.69) is 20.4 Å². The average Bonchev–Trinajstić information content (AvgIpc) is 3.38.